The van der Waals surface area contributed by atoms with Crippen LogP contribution in [-0.4, -0.2) is 111 Å². The van der Waals surface area contributed by atoms with Gasteiger partial charge in [0.15, 0.2) is 0 Å². The minimum atomic E-state index is -3.85. The number of nitrogens with one attached hydrogen (secondary N) is 1. The third-order valence-electron chi connectivity index (χ3n) is 7.92. The van der Waals surface area contributed by atoms with E-state index in [0.717, 1.165) is 13.1 Å². The van der Waals surface area contributed by atoms with Gasteiger partial charge in [0.2, 0.25) is 21.8 Å². The first kappa shape index (κ1) is 33.2. The van der Waals surface area contributed by atoms with E-state index in [1.165, 1.54) is 35.6 Å². The fraction of sp³-hybridized carbons (Fsp3) is 0.533. The van der Waals surface area contributed by atoms with Gasteiger partial charge in [-0.25, -0.2) is 8.42 Å². The molecule has 2 amide bonds. The van der Waals surface area contributed by atoms with Crippen LogP contribution in [0.1, 0.15) is 25.8 Å². The number of aliphatic hydroxyl groups is 1. The zero-order valence-electron chi connectivity index (χ0n) is 24.9. The van der Waals surface area contributed by atoms with Gasteiger partial charge in [0, 0.05) is 61.8 Å². The van der Waals surface area contributed by atoms with Crippen LogP contribution in [0.25, 0.3) is 0 Å². The first-order valence-electron chi connectivity index (χ1n) is 14.5. The summed E-state index contributed by atoms with van der Waals surface area (Å²) in [5, 5.41) is 13.2. The number of benzene rings is 2. The van der Waals surface area contributed by atoms with Crippen LogP contribution >= 0.6 is 11.6 Å². The molecule has 43 heavy (non-hydrogen) atoms. The number of nitrogens with zero attached hydrogens (tertiary/aromatic N) is 3. The number of carbonyl (C=O) groups is 2. The number of halogens is 1. The summed E-state index contributed by atoms with van der Waals surface area (Å²) in [5.41, 5.74) is 1.10. The van der Waals surface area contributed by atoms with Crippen LogP contribution in [0.2, 0.25) is 5.02 Å². The van der Waals surface area contributed by atoms with Crippen LogP contribution in [0.3, 0.4) is 0 Å². The van der Waals surface area contributed by atoms with Crippen molar-refractivity contribution in [3.63, 3.8) is 0 Å². The molecule has 0 unspecified atom stereocenters. The molecule has 0 aliphatic carbocycles. The molecule has 0 aromatic heterocycles. The Bertz CT molecular complexity index is 1370. The lowest BCUT2D eigenvalue weighted by Crippen LogP contribution is -2.48. The second kappa shape index (κ2) is 14.8. The molecule has 1 fully saturated rings. The van der Waals surface area contributed by atoms with Crippen molar-refractivity contribution in [3.8, 4) is 5.75 Å². The number of likely N-dealkylation sites (N-methyl/N-ethyl adjacent to an activating group) is 1. The van der Waals surface area contributed by atoms with E-state index in [1.54, 1.807) is 30.0 Å². The highest BCUT2D eigenvalue weighted by molar-refractivity contribution is 7.89. The van der Waals surface area contributed by atoms with Gasteiger partial charge in [-0.3, -0.25) is 14.5 Å². The van der Waals surface area contributed by atoms with Crippen molar-refractivity contribution >= 4 is 39.1 Å². The fourth-order valence-corrected chi connectivity index (χ4v) is 6.48. The van der Waals surface area contributed by atoms with Gasteiger partial charge in [0.1, 0.15) is 11.9 Å². The van der Waals surface area contributed by atoms with E-state index in [0.29, 0.717) is 48.2 Å². The molecule has 13 heteroatoms. The SMILES string of the molecule is C[C@@H]1CN([C@@H](C)CO)C(=O)Cc2cc(NC(=O)CCN3CCOCC3)ccc2O[C@H]1CN(C)S(=O)(=O)c1ccc(Cl)cc1. The van der Waals surface area contributed by atoms with E-state index >= 15 is 0 Å². The van der Waals surface area contributed by atoms with Gasteiger partial charge < -0.3 is 24.8 Å². The molecule has 236 valence electrons. The highest BCUT2D eigenvalue weighted by atomic mass is 35.5. The number of morpholine rings is 1. The van der Waals surface area contributed by atoms with Crippen molar-refractivity contribution < 1.29 is 32.6 Å². The topological polar surface area (TPSA) is 129 Å². The van der Waals surface area contributed by atoms with Crippen molar-refractivity contribution in [1.29, 1.82) is 0 Å². The summed E-state index contributed by atoms with van der Waals surface area (Å²) in [5.74, 6) is -0.187. The molecule has 0 bridgehead atoms. The molecular weight excluding hydrogens is 596 g/mol. The highest BCUT2D eigenvalue weighted by Crippen LogP contribution is 2.30. The Hall–Kier alpha value is -2.74. The predicted octanol–water partition coefficient (Wildman–Crippen LogP) is 2.47. The maximum Gasteiger partial charge on any atom is 0.242 e. The van der Waals surface area contributed by atoms with Gasteiger partial charge >= 0.3 is 0 Å². The van der Waals surface area contributed by atoms with Crippen molar-refractivity contribution in [3.05, 3.63) is 53.1 Å². The van der Waals surface area contributed by atoms with Gasteiger partial charge in [-0.2, -0.15) is 4.31 Å². The Labute approximate surface area is 258 Å². The van der Waals surface area contributed by atoms with Crippen LogP contribution in [0.5, 0.6) is 5.75 Å². The minimum absolute atomic E-state index is 0.00445. The Morgan fingerprint density at radius 1 is 1.19 bits per heavy atom. The summed E-state index contributed by atoms with van der Waals surface area (Å²) < 4.78 is 39.7. The molecule has 2 aromatic rings. The van der Waals surface area contributed by atoms with Crippen LogP contribution in [0, 0.1) is 5.92 Å². The van der Waals surface area contributed by atoms with Crippen molar-refractivity contribution in [2.45, 2.75) is 43.7 Å². The zero-order valence-corrected chi connectivity index (χ0v) is 26.4. The number of fused-ring (bicyclic) bond motifs is 1. The van der Waals surface area contributed by atoms with Gasteiger partial charge in [0.25, 0.3) is 0 Å². The molecule has 2 aliphatic rings. The van der Waals surface area contributed by atoms with Crippen LogP contribution in [-0.2, 0) is 30.8 Å². The Balaban J connectivity index is 1.56. The fourth-order valence-electron chi connectivity index (χ4n) is 5.17. The molecule has 4 rings (SSSR count). The van der Waals surface area contributed by atoms with E-state index < -0.39 is 22.2 Å². The summed E-state index contributed by atoms with van der Waals surface area (Å²) in [6, 6.07) is 10.7. The van der Waals surface area contributed by atoms with Gasteiger partial charge in [-0.15, -0.1) is 0 Å². The molecule has 2 N–H and O–H groups in total. The quantitative estimate of drug-likeness (QED) is 0.407. The van der Waals surface area contributed by atoms with Crippen LogP contribution in [0.15, 0.2) is 47.4 Å². The standard InChI is InChI=1S/C30H41ClN4O7S/c1-21-18-35(22(2)20-36)30(38)17-23-16-25(32-29(37)10-11-34-12-14-41-15-13-34)6-9-27(23)42-28(21)19-33(3)43(39,40)26-7-4-24(31)5-8-26/h4-9,16,21-22,28,36H,10-15,17-20H2,1-3H3,(H,32,37)/t21-,22+,28+/m1/s1. The number of ether oxygens (including phenoxy) is 2. The smallest absolute Gasteiger partial charge is 0.242 e. The van der Waals surface area contributed by atoms with E-state index in [4.69, 9.17) is 21.1 Å². The maximum absolute atomic E-state index is 13.5. The van der Waals surface area contributed by atoms with E-state index in [1.807, 2.05) is 6.92 Å². The Kier molecular flexibility index (Phi) is 11.4. The van der Waals surface area contributed by atoms with E-state index in [9.17, 15) is 23.1 Å². The second-order valence-corrected chi connectivity index (χ2v) is 13.7. The lowest BCUT2D eigenvalue weighted by molar-refractivity contribution is -0.134. The third-order valence-corrected chi connectivity index (χ3v) is 10.0. The first-order chi connectivity index (χ1) is 20.5. The van der Waals surface area contributed by atoms with Crippen LogP contribution in [0.4, 0.5) is 5.69 Å². The number of aliphatic hydroxyl groups excluding tert-OH is 1. The molecule has 3 atom stereocenters. The number of carbonyl (C=O) groups excluding carboxylic acids is 2. The lowest BCUT2D eigenvalue weighted by Gasteiger charge is -2.33. The molecule has 1 saturated heterocycles. The normalized spacial score (nSPS) is 20.9. The summed E-state index contributed by atoms with van der Waals surface area (Å²) >= 11 is 5.96. The summed E-state index contributed by atoms with van der Waals surface area (Å²) in [4.78, 5) is 30.1. The summed E-state index contributed by atoms with van der Waals surface area (Å²) in [6.07, 6.45) is -0.309. The monoisotopic (exact) mass is 636 g/mol. The average Bonchev–Trinajstić information content (AvgIpc) is 3.03. The number of anilines is 1. The molecule has 0 saturated carbocycles. The molecule has 0 radical (unpaired) electrons. The van der Waals surface area contributed by atoms with Crippen LogP contribution < -0.4 is 10.1 Å². The lowest BCUT2D eigenvalue weighted by atomic mass is 10.0. The minimum Gasteiger partial charge on any atom is -0.488 e. The molecule has 0 spiro atoms. The van der Waals surface area contributed by atoms with Crippen molar-refractivity contribution in [2.24, 2.45) is 5.92 Å². The number of sulfonamides is 1. The average molecular weight is 637 g/mol. The Morgan fingerprint density at radius 2 is 1.88 bits per heavy atom. The van der Waals surface area contributed by atoms with Gasteiger partial charge in [-0.1, -0.05) is 18.5 Å². The van der Waals surface area contributed by atoms with Crippen molar-refractivity contribution in [2.75, 3.05) is 64.9 Å². The molecule has 2 aromatic carbocycles. The van der Waals surface area contributed by atoms with E-state index in [-0.39, 0.29) is 48.7 Å². The number of hydrogen-bond acceptors (Lipinski definition) is 8. The maximum atomic E-state index is 13.5. The molecular formula is C30H41ClN4O7S. The number of amides is 2. The predicted molar refractivity (Wildman–Crippen MR) is 164 cm³/mol. The Morgan fingerprint density at radius 3 is 2.56 bits per heavy atom. The van der Waals surface area contributed by atoms with Crippen molar-refractivity contribution in [1.82, 2.24) is 14.1 Å². The largest absolute Gasteiger partial charge is 0.488 e. The van der Waals surface area contributed by atoms with Gasteiger partial charge in [-0.05, 0) is 49.4 Å². The number of rotatable bonds is 10. The summed E-state index contributed by atoms with van der Waals surface area (Å²) in [7, 11) is -2.36. The van der Waals surface area contributed by atoms with E-state index in [2.05, 4.69) is 10.2 Å². The first-order valence-corrected chi connectivity index (χ1v) is 16.3. The number of hydrogen-bond donors (Lipinski definition) is 2. The zero-order chi connectivity index (χ0) is 31.1. The third kappa shape index (κ3) is 8.68. The van der Waals surface area contributed by atoms with Gasteiger partial charge in [0.05, 0.1) is 43.7 Å². The second-order valence-electron chi connectivity index (χ2n) is 11.2. The molecule has 2 aliphatic heterocycles. The molecule has 11 nitrogen and oxygen atoms in total. The highest BCUT2D eigenvalue weighted by Gasteiger charge is 2.33. The summed E-state index contributed by atoms with van der Waals surface area (Å²) in [6.45, 7) is 7.26. The molecule has 2 heterocycles.